The maximum Gasteiger partial charge on any atom is 0.229 e. The molecule has 0 spiro atoms. The Kier molecular flexibility index (Phi) is 6.14. The molecule has 2 rings (SSSR count). The topological polar surface area (TPSA) is 73.8 Å². The minimum Gasteiger partial charge on any atom is -0.355 e. The van der Waals surface area contributed by atoms with E-state index in [4.69, 9.17) is 0 Å². The summed E-state index contributed by atoms with van der Waals surface area (Å²) in [5.74, 6) is 0.500. The van der Waals surface area contributed by atoms with Gasteiger partial charge in [0.25, 0.3) is 0 Å². The lowest BCUT2D eigenvalue weighted by Gasteiger charge is -2.25. The van der Waals surface area contributed by atoms with Gasteiger partial charge >= 0.3 is 0 Å². The number of nitrogens with zero attached hydrogens (tertiary/aromatic N) is 2. The molecular formula is C17H24N4O2. The molecule has 0 atom stereocenters. The maximum absolute atomic E-state index is 11.7. The van der Waals surface area contributed by atoms with E-state index in [9.17, 15) is 9.59 Å². The standard InChI is InChI=1S/C17H24N4O2/c1-13-5-3-6-14(11-13)12-20-17(18-2)19-9-10-21-15(22)7-4-8-16(21)23/h3,5-6,11H,4,7-10,12H2,1-2H3,(H2,18,19,20). The number of carbonyl (C=O) groups excluding carboxylic acids is 2. The summed E-state index contributed by atoms with van der Waals surface area (Å²) in [6, 6.07) is 8.25. The molecule has 1 saturated heterocycles. The molecule has 0 unspecified atom stereocenters. The van der Waals surface area contributed by atoms with Crippen molar-refractivity contribution >= 4 is 17.8 Å². The van der Waals surface area contributed by atoms with E-state index in [1.807, 2.05) is 6.07 Å². The third kappa shape index (κ3) is 5.09. The number of aliphatic imine (C=N–C) groups is 1. The lowest BCUT2D eigenvalue weighted by atomic mass is 10.1. The van der Waals surface area contributed by atoms with Gasteiger partial charge in [0.2, 0.25) is 11.8 Å². The van der Waals surface area contributed by atoms with Crippen molar-refractivity contribution in [2.75, 3.05) is 20.1 Å². The Morgan fingerprint density at radius 2 is 1.96 bits per heavy atom. The van der Waals surface area contributed by atoms with Crippen LogP contribution in [0.15, 0.2) is 29.3 Å². The zero-order valence-corrected chi connectivity index (χ0v) is 13.8. The van der Waals surface area contributed by atoms with Gasteiger partial charge in [0.1, 0.15) is 0 Å². The molecule has 0 aromatic heterocycles. The number of carbonyl (C=O) groups is 2. The number of piperidine rings is 1. The zero-order chi connectivity index (χ0) is 16.7. The summed E-state index contributed by atoms with van der Waals surface area (Å²) in [7, 11) is 1.70. The fraction of sp³-hybridized carbons (Fsp3) is 0.471. The van der Waals surface area contributed by atoms with Gasteiger partial charge in [-0.2, -0.15) is 0 Å². The first-order chi connectivity index (χ1) is 11.1. The van der Waals surface area contributed by atoms with Crippen LogP contribution in [0.4, 0.5) is 0 Å². The molecule has 2 N–H and O–H groups in total. The molecule has 1 aliphatic rings. The van der Waals surface area contributed by atoms with Gasteiger partial charge in [-0.25, -0.2) is 0 Å². The second kappa shape index (κ2) is 8.31. The highest BCUT2D eigenvalue weighted by atomic mass is 16.2. The van der Waals surface area contributed by atoms with Crippen LogP contribution in [0.3, 0.4) is 0 Å². The van der Waals surface area contributed by atoms with Crippen molar-refractivity contribution in [3.05, 3.63) is 35.4 Å². The number of hydrogen-bond donors (Lipinski definition) is 2. The molecule has 1 fully saturated rings. The Morgan fingerprint density at radius 3 is 2.61 bits per heavy atom. The number of hydrogen-bond acceptors (Lipinski definition) is 3. The van der Waals surface area contributed by atoms with E-state index in [1.165, 1.54) is 16.0 Å². The van der Waals surface area contributed by atoms with Crippen LogP contribution in [0.5, 0.6) is 0 Å². The smallest absolute Gasteiger partial charge is 0.229 e. The first-order valence-corrected chi connectivity index (χ1v) is 7.93. The number of aryl methyl sites for hydroxylation is 1. The summed E-state index contributed by atoms with van der Waals surface area (Å²) in [6.07, 6.45) is 1.60. The third-order valence-electron chi connectivity index (χ3n) is 3.78. The minimum atomic E-state index is -0.0780. The molecule has 1 aromatic carbocycles. The van der Waals surface area contributed by atoms with Gasteiger partial charge in [0.15, 0.2) is 5.96 Å². The minimum absolute atomic E-state index is 0.0780. The molecule has 1 aromatic rings. The van der Waals surface area contributed by atoms with Gasteiger partial charge in [0, 0.05) is 39.5 Å². The predicted molar refractivity (Wildman–Crippen MR) is 90.0 cm³/mol. The molecule has 0 aliphatic carbocycles. The summed E-state index contributed by atoms with van der Waals surface area (Å²) in [6.45, 7) is 3.60. The molecule has 0 saturated carbocycles. The first kappa shape index (κ1) is 17.0. The van der Waals surface area contributed by atoms with E-state index < -0.39 is 0 Å². The Labute approximate surface area is 137 Å². The highest BCUT2D eigenvalue weighted by Crippen LogP contribution is 2.11. The fourth-order valence-electron chi connectivity index (χ4n) is 2.56. The van der Waals surface area contributed by atoms with Crippen molar-refractivity contribution in [2.24, 2.45) is 4.99 Å². The number of guanidine groups is 1. The SMILES string of the molecule is CN=C(NCCN1C(=O)CCCC1=O)NCc1cccc(C)c1. The molecule has 6 heteroatoms. The molecule has 0 radical (unpaired) electrons. The van der Waals surface area contributed by atoms with Crippen LogP contribution in [0.25, 0.3) is 0 Å². The highest BCUT2D eigenvalue weighted by molar-refractivity contribution is 5.97. The van der Waals surface area contributed by atoms with Gasteiger partial charge in [-0.1, -0.05) is 29.8 Å². The van der Waals surface area contributed by atoms with Crippen LogP contribution in [-0.4, -0.2) is 42.8 Å². The van der Waals surface area contributed by atoms with Gasteiger partial charge in [-0.05, 0) is 18.9 Å². The van der Waals surface area contributed by atoms with Crippen LogP contribution in [0.1, 0.15) is 30.4 Å². The van der Waals surface area contributed by atoms with Crippen molar-refractivity contribution in [1.82, 2.24) is 15.5 Å². The molecule has 0 bridgehead atoms. The van der Waals surface area contributed by atoms with Crippen LogP contribution in [0.2, 0.25) is 0 Å². The van der Waals surface area contributed by atoms with Crippen molar-refractivity contribution < 1.29 is 9.59 Å². The van der Waals surface area contributed by atoms with Crippen molar-refractivity contribution in [3.8, 4) is 0 Å². The van der Waals surface area contributed by atoms with E-state index in [0.29, 0.717) is 44.9 Å². The monoisotopic (exact) mass is 316 g/mol. The highest BCUT2D eigenvalue weighted by Gasteiger charge is 2.25. The summed E-state index contributed by atoms with van der Waals surface area (Å²) in [5, 5.41) is 6.36. The summed E-state index contributed by atoms with van der Waals surface area (Å²) in [4.78, 5) is 28.9. The first-order valence-electron chi connectivity index (χ1n) is 7.93. The van der Waals surface area contributed by atoms with Gasteiger partial charge in [-0.3, -0.25) is 19.5 Å². The number of imide groups is 1. The Morgan fingerprint density at radius 1 is 1.22 bits per heavy atom. The molecule has 2 amide bonds. The number of nitrogens with one attached hydrogen (secondary N) is 2. The summed E-state index contributed by atoms with van der Waals surface area (Å²) >= 11 is 0. The molecule has 1 aliphatic heterocycles. The van der Waals surface area contributed by atoms with E-state index >= 15 is 0 Å². The van der Waals surface area contributed by atoms with Crippen molar-refractivity contribution in [2.45, 2.75) is 32.7 Å². The van der Waals surface area contributed by atoms with Crippen LogP contribution in [-0.2, 0) is 16.1 Å². The van der Waals surface area contributed by atoms with Gasteiger partial charge in [-0.15, -0.1) is 0 Å². The molecule has 23 heavy (non-hydrogen) atoms. The predicted octanol–water partition coefficient (Wildman–Crippen LogP) is 1.20. The second-order valence-electron chi connectivity index (χ2n) is 5.63. The normalized spacial score (nSPS) is 15.7. The van der Waals surface area contributed by atoms with Crippen LogP contribution in [0, 0.1) is 6.92 Å². The largest absolute Gasteiger partial charge is 0.355 e. The number of benzene rings is 1. The fourth-order valence-corrected chi connectivity index (χ4v) is 2.56. The van der Waals surface area contributed by atoms with Gasteiger partial charge in [0.05, 0.1) is 0 Å². The lowest BCUT2D eigenvalue weighted by molar-refractivity contribution is -0.147. The summed E-state index contributed by atoms with van der Waals surface area (Å²) in [5.41, 5.74) is 2.39. The molecule has 6 nitrogen and oxygen atoms in total. The average molecular weight is 316 g/mol. The second-order valence-corrected chi connectivity index (χ2v) is 5.63. The van der Waals surface area contributed by atoms with Gasteiger partial charge < -0.3 is 10.6 Å². The van der Waals surface area contributed by atoms with E-state index in [0.717, 1.165) is 0 Å². The lowest BCUT2D eigenvalue weighted by Crippen LogP contribution is -2.46. The van der Waals surface area contributed by atoms with E-state index in [2.05, 4.69) is 40.7 Å². The van der Waals surface area contributed by atoms with Crippen LogP contribution >= 0.6 is 0 Å². The molecular weight excluding hydrogens is 292 g/mol. The zero-order valence-electron chi connectivity index (χ0n) is 13.8. The number of rotatable bonds is 5. The molecule has 1 heterocycles. The Bertz CT molecular complexity index is 582. The van der Waals surface area contributed by atoms with E-state index in [1.54, 1.807) is 7.05 Å². The number of amides is 2. The maximum atomic E-state index is 11.7. The average Bonchev–Trinajstić information content (AvgIpc) is 2.53. The van der Waals surface area contributed by atoms with Crippen molar-refractivity contribution in [1.29, 1.82) is 0 Å². The third-order valence-corrected chi connectivity index (χ3v) is 3.78. The molecule has 124 valence electrons. The summed E-state index contributed by atoms with van der Waals surface area (Å²) < 4.78 is 0. The van der Waals surface area contributed by atoms with E-state index in [-0.39, 0.29) is 11.8 Å². The quantitative estimate of drug-likeness (QED) is 0.486. The van der Waals surface area contributed by atoms with Crippen molar-refractivity contribution in [3.63, 3.8) is 0 Å². The Balaban J connectivity index is 1.77. The number of likely N-dealkylation sites (tertiary alicyclic amines) is 1. The Hall–Kier alpha value is -2.37. The van der Waals surface area contributed by atoms with Crippen LogP contribution < -0.4 is 10.6 Å².